The molecule has 0 bridgehead atoms. The van der Waals surface area contributed by atoms with Crippen LogP contribution in [0.1, 0.15) is 10.4 Å². The summed E-state index contributed by atoms with van der Waals surface area (Å²) in [5.74, 6) is 1.27. The zero-order valence-corrected chi connectivity index (χ0v) is 12.3. The SMILES string of the molecule is O=C(NCC1COc2ccccc2O1)c1cccc2cn[nH]c12. The van der Waals surface area contributed by atoms with Crippen LogP contribution in [0.5, 0.6) is 11.5 Å². The van der Waals surface area contributed by atoms with Gasteiger partial charge in [0.15, 0.2) is 11.5 Å². The Morgan fingerprint density at radius 2 is 2.09 bits per heavy atom. The average Bonchev–Trinajstić information content (AvgIpc) is 3.08. The molecule has 23 heavy (non-hydrogen) atoms. The number of fused-ring (bicyclic) bond motifs is 2. The van der Waals surface area contributed by atoms with E-state index in [-0.39, 0.29) is 12.0 Å². The summed E-state index contributed by atoms with van der Waals surface area (Å²) in [6.07, 6.45) is 1.48. The molecule has 0 spiro atoms. The van der Waals surface area contributed by atoms with Gasteiger partial charge >= 0.3 is 0 Å². The number of ether oxygens (including phenoxy) is 2. The molecule has 3 aromatic rings. The zero-order valence-electron chi connectivity index (χ0n) is 12.3. The second-order valence-corrected chi connectivity index (χ2v) is 5.35. The van der Waals surface area contributed by atoms with Crippen LogP contribution in [0.25, 0.3) is 10.9 Å². The largest absolute Gasteiger partial charge is 0.486 e. The number of nitrogens with zero attached hydrogens (tertiary/aromatic N) is 1. The van der Waals surface area contributed by atoms with Crippen LogP contribution in [0.2, 0.25) is 0 Å². The standard InChI is InChI=1S/C17H15N3O3/c21-17(13-5-3-4-11-8-19-20-16(11)13)18-9-12-10-22-14-6-1-2-7-15(14)23-12/h1-8,12H,9-10H2,(H,18,21)(H,19,20). The zero-order chi connectivity index (χ0) is 15.6. The molecule has 2 aromatic carbocycles. The van der Waals surface area contributed by atoms with Crippen molar-refractivity contribution in [2.75, 3.05) is 13.2 Å². The van der Waals surface area contributed by atoms with Crippen molar-refractivity contribution in [2.45, 2.75) is 6.10 Å². The highest BCUT2D eigenvalue weighted by atomic mass is 16.6. The Morgan fingerprint density at radius 1 is 1.22 bits per heavy atom. The predicted molar refractivity (Wildman–Crippen MR) is 84.8 cm³/mol. The van der Waals surface area contributed by atoms with Gasteiger partial charge in [-0.1, -0.05) is 24.3 Å². The van der Waals surface area contributed by atoms with E-state index in [1.54, 1.807) is 12.3 Å². The minimum Gasteiger partial charge on any atom is -0.486 e. The molecule has 0 saturated carbocycles. The van der Waals surface area contributed by atoms with E-state index in [1.165, 1.54) is 0 Å². The monoisotopic (exact) mass is 309 g/mol. The molecule has 1 aromatic heterocycles. The van der Waals surface area contributed by atoms with Gasteiger partial charge in [0, 0.05) is 5.39 Å². The molecule has 1 amide bonds. The summed E-state index contributed by atoms with van der Waals surface area (Å²) in [5.41, 5.74) is 1.30. The summed E-state index contributed by atoms with van der Waals surface area (Å²) >= 11 is 0. The molecule has 1 unspecified atom stereocenters. The fourth-order valence-electron chi connectivity index (χ4n) is 2.62. The van der Waals surface area contributed by atoms with Gasteiger partial charge in [-0.3, -0.25) is 9.89 Å². The minimum absolute atomic E-state index is 0.165. The van der Waals surface area contributed by atoms with E-state index in [4.69, 9.17) is 9.47 Å². The van der Waals surface area contributed by atoms with Crippen LogP contribution in [-0.2, 0) is 0 Å². The summed E-state index contributed by atoms with van der Waals surface area (Å²) < 4.78 is 11.5. The molecule has 1 atom stereocenters. The number of amides is 1. The second kappa shape index (κ2) is 5.64. The first-order valence-corrected chi connectivity index (χ1v) is 7.40. The summed E-state index contributed by atoms with van der Waals surface area (Å²) in [7, 11) is 0. The van der Waals surface area contributed by atoms with E-state index >= 15 is 0 Å². The number of hydrogen-bond donors (Lipinski definition) is 2. The lowest BCUT2D eigenvalue weighted by atomic mass is 10.1. The van der Waals surface area contributed by atoms with Gasteiger partial charge in [-0.05, 0) is 18.2 Å². The minimum atomic E-state index is -0.213. The van der Waals surface area contributed by atoms with Crippen molar-refractivity contribution in [2.24, 2.45) is 0 Å². The van der Waals surface area contributed by atoms with Crippen LogP contribution in [0.3, 0.4) is 0 Å². The van der Waals surface area contributed by atoms with E-state index in [0.717, 1.165) is 16.7 Å². The van der Waals surface area contributed by atoms with Crippen LogP contribution in [0, 0.1) is 0 Å². The maximum Gasteiger partial charge on any atom is 0.253 e. The van der Waals surface area contributed by atoms with E-state index in [9.17, 15) is 4.79 Å². The van der Waals surface area contributed by atoms with Gasteiger partial charge in [0.05, 0.1) is 23.8 Å². The molecule has 6 nitrogen and oxygen atoms in total. The Morgan fingerprint density at radius 3 is 3.00 bits per heavy atom. The Balaban J connectivity index is 1.44. The first-order chi connectivity index (χ1) is 11.3. The van der Waals surface area contributed by atoms with Crippen LogP contribution in [0.4, 0.5) is 0 Å². The quantitative estimate of drug-likeness (QED) is 0.777. The van der Waals surface area contributed by atoms with Gasteiger partial charge in [-0.25, -0.2) is 0 Å². The van der Waals surface area contributed by atoms with E-state index in [0.29, 0.717) is 24.5 Å². The lowest BCUT2D eigenvalue weighted by molar-refractivity contribution is 0.0790. The molecule has 0 saturated heterocycles. The van der Waals surface area contributed by atoms with Gasteiger partial charge in [0.25, 0.3) is 5.91 Å². The van der Waals surface area contributed by atoms with E-state index < -0.39 is 0 Å². The molecule has 1 aliphatic rings. The molecule has 0 radical (unpaired) electrons. The Labute approximate surface area is 132 Å². The van der Waals surface area contributed by atoms with Crippen LogP contribution >= 0.6 is 0 Å². The van der Waals surface area contributed by atoms with Crippen LogP contribution in [0.15, 0.2) is 48.7 Å². The smallest absolute Gasteiger partial charge is 0.253 e. The third-order valence-electron chi connectivity index (χ3n) is 3.78. The van der Waals surface area contributed by atoms with Crippen LogP contribution in [-0.4, -0.2) is 35.4 Å². The van der Waals surface area contributed by atoms with Crippen molar-refractivity contribution >= 4 is 16.8 Å². The fourth-order valence-corrected chi connectivity index (χ4v) is 2.62. The number of aromatic amines is 1. The molecular weight excluding hydrogens is 294 g/mol. The maximum absolute atomic E-state index is 12.4. The van der Waals surface area contributed by atoms with Gasteiger partial charge < -0.3 is 14.8 Å². The van der Waals surface area contributed by atoms with Crippen LogP contribution < -0.4 is 14.8 Å². The van der Waals surface area contributed by atoms with Gasteiger partial charge in [0.2, 0.25) is 0 Å². The third kappa shape index (κ3) is 2.59. The molecule has 0 aliphatic carbocycles. The lowest BCUT2D eigenvalue weighted by Gasteiger charge is -2.26. The Bertz CT molecular complexity index is 859. The number of benzene rings is 2. The van der Waals surface area contributed by atoms with Crippen molar-refractivity contribution in [1.82, 2.24) is 15.5 Å². The molecule has 2 N–H and O–H groups in total. The number of para-hydroxylation sites is 3. The molecule has 1 aliphatic heterocycles. The highest BCUT2D eigenvalue weighted by molar-refractivity contribution is 6.05. The van der Waals surface area contributed by atoms with Gasteiger partial charge in [0.1, 0.15) is 12.7 Å². The number of carbonyl (C=O) groups is 1. The molecule has 2 heterocycles. The van der Waals surface area contributed by atoms with Gasteiger partial charge in [-0.15, -0.1) is 0 Å². The number of aromatic nitrogens is 2. The van der Waals surface area contributed by atoms with E-state index in [2.05, 4.69) is 15.5 Å². The number of hydrogen-bond acceptors (Lipinski definition) is 4. The molecular formula is C17H15N3O3. The summed E-state index contributed by atoms with van der Waals surface area (Å²) in [6.45, 7) is 0.781. The average molecular weight is 309 g/mol. The lowest BCUT2D eigenvalue weighted by Crippen LogP contribution is -2.40. The first kappa shape index (κ1) is 13.6. The number of H-pyrrole nitrogens is 1. The maximum atomic E-state index is 12.4. The normalized spacial score (nSPS) is 16.3. The molecule has 0 fully saturated rings. The summed E-state index contributed by atoms with van der Waals surface area (Å²) in [6, 6.07) is 13.0. The number of rotatable bonds is 3. The third-order valence-corrected chi connectivity index (χ3v) is 3.78. The molecule has 116 valence electrons. The van der Waals surface area contributed by atoms with Crippen molar-refractivity contribution < 1.29 is 14.3 Å². The number of carbonyl (C=O) groups excluding carboxylic acids is 1. The van der Waals surface area contributed by atoms with Crippen molar-refractivity contribution in [3.8, 4) is 11.5 Å². The molecule has 6 heteroatoms. The highest BCUT2D eigenvalue weighted by Crippen LogP contribution is 2.30. The summed E-state index contributed by atoms with van der Waals surface area (Å²) in [4.78, 5) is 12.4. The fraction of sp³-hybridized carbons (Fsp3) is 0.176. The van der Waals surface area contributed by atoms with Gasteiger partial charge in [-0.2, -0.15) is 5.10 Å². The van der Waals surface area contributed by atoms with Crippen molar-refractivity contribution in [3.63, 3.8) is 0 Å². The Kier molecular flexibility index (Phi) is 3.34. The Hall–Kier alpha value is -3.02. The predicted octanol–water partition coefficient (Wildman–Crippen LogP) is 2.13. The molecule has 4 rings (SSSR count). The topological polar surface area (TPSA) is 76.2 Å². The van der Waals surface area contributed by atoms with Crippen molar-refractivity contribution in [1.29, 1.82) is 0 Å². The number of nitrogens with one attached hydrogen (secondary N) is 2. The van der Waals surface area contributed by atoms with Crippen molar-refractivity contribution in [3.05, 3.63) is 54.2 Å². The highest BCUT2D eigenvalue weighted by Gasteiger charge is 2.21. The second-order valence-electron chi connectivity index (χ2n) is 5.35. The first-order valence-electron chi connectivity index (χ1n) is 7.40. The van der Waals surface area contributed by atoms with E-state index in [1.807, 2.05) is 36.4 Å². The summed E-state index contributed by atoms with van der Waals surface area (Å²) in [5, 5.41) is 10.6.